The van der Waals surface area contributed by atoms with Crippen molar-refractivity contribution in [2.45, 2.75) is 64.8 Å². The lowest BCUT2D eigenvalue weighted by Gasteiger charge is -2.41. The van der Waals surface area contributed by atoms with Crippen LogP contribution in [0.1, 0.15) is 59.3 Å². The first-order valence-corrected chi connectivity index (χ1v) is 7.33. The lowest BCUT2D eigenvalue weighted by atomic mass is 9.71. The molecular weight excluding hydrogens is 226 g/mol. The highest BCUT2D eigenvalue weighted by molar-refractivity contribution is 5.70. The van der Waals surface area contributed by atoms with Gasteiger partial charge in [-0.1, -0.05) is 33.6 Å². The number of nitrogens with one attached hydrogen (secondary N) is 1. The second kappa shape index (κ2) is 7.13. The fraction of sp³-hybridized carbons (Fsp3) is 0.933. The van der Waals surface area contributed by atoms with Crippen LogP contribution in [0.3, 0.4) is 0 Å². The molecule has 2 atom stereocenters. The maximum absolute atomic E-state index is 11.6. The lowest BCUT2D eigenvalue weighted by Crippen LogP contribution is -2.50. The Labute approximate surface area is 112 Å². The fourth-order valence-corrected chi connectivity index (χ4v) is 3.46. The zero-order chi connectivity index (χ0) is 13.6. The molecule has 0 heterocycles. The van der Waals surface area contributed by atoms with E-state index >= 15 is 0 Å². The number of hydrogen-bond donors (Lipinski definition) is 1. The number of carbonyl (C=O) groups is 1. The third-order valence-corrected chi connectivity index (χ3v) is 4.01. The Kier molecular flexibility index (Phi) is 6.13. The molecule has 0 spiro atoms. The molecule has 0 aromatic carbocycles. The smallest absolute Gasteiger partial charge is 0.307 e. The van der Waals surface area contributed by atoms with Crippen molar-refractivity contribution in [2.24, 2.45) is 11.8 Å². The van der Waals surface area contributed by atoms with E-state index in [0.717, 1.165) is 31.2 Å². The molecule has 0 bridgehead atoms. The topological polar surface area (TPSA) is 38.3 Å². The molecule has 1 saturated carbocycles. The van der Waals surface area contributed by atoms with Crippen LogP contribution < -0.4 is 5.32 Å². The quantitative estimate of drug-likeness (QED) is 0.741. The second-order valence-corrected chi connectivity index (χ2v) is 6.16. The Hall–Kier alpha value is -0.570. The summed E-state index contributed by atoms with van der Waals surface area (Å²) < 4.78 is 4.86. The van der Waals surface area contributed by atoms with Gasteiger partial charge in [0.2, 0.25) is 0 Å². The summed E-state index contributed by atoms with van der Waals surface area (Å²) in [5.41, 5.74) is -0.0142. The van der Waals surface area contributed by atoms with Crippen molar-refractivity contribution in [1.82, 2.24) is 5.32 Å². The zero-order valence-electron chi connectivity index (χ0n) is 12.4. The molecule has 0 aliphatic heterocycles. The van der Waals surface area contributed by atoms with Crippen LogP contribution in [0.15, 0.2) is 0 Å². The number of esters is 1. The SMILES string of the molecule is CCNC1(CC(=O)OC)CCCC(CC(C)C)C1. The van der Waals surface area contributed by atoms with Gasteiger partial charge in [-0.05, 0) is 37.6 Å². The van der Waals surface area contributed by atoms with Gasteiger partial charge in [0, 0.05) is 5.54 Å². The first-order chi connectivity index (χ1) is 8.51. The van der Waals surface area contributed by atoms with Crippen LogP contribution in [0.4, 0.5) is 0 Å². The molecule has 1 N–H and O–H groups in total. The van der Waals surface area contributed by atoms with E-state index in [2.05, 4.69) is 26.1 Å². The summed E-state index contributed by atoms with van der Waals surface area (Å²) in [5, 5.41) is 3.57. The van der Waals surface area contributed by atoms with E-state index in [1.54, 1.807) is 0 Å². The largest absolute Gasteiger partial charge is 0.469 e. The van der Waals surface area contributed by atoms with E-state index in [0.29, 0.717) is 6.42 Å². The fourth-order valence-electron chi connectivity index (χ4n) is 3.46. The number of methoxy groups -OCH3 is 1. The summed E-state index contributed by atoms with van der Waals surface area (Å²) in [7, 11) is 1.48. The number of rotatable bonds is 6. The first kappa shape index (κ1) is 15.5. The Morgan fingerprint density at radius 1 is 1.50 bits per heavy atom. The monoisotopic (exact) mass is 255 g/mol. The molecule has 0 saturated heterocycles. The molecule has 1 aliphatic carbocycles. The third-order valence-electron chi connectivity index (χ3n) is 4.01. The van der Waals surface area contributed by atoms with Gasteiger partial charge in [-0.15, -0.1) is 0 Å². The molecule has 0 radical (unpaired) electrons. The highest BCUT2D eigenvalue weighted by atomic mass is 16.5. The van der Waals surface area contributed by atoms with Gasteiger partial charge in [-0.25, -0.2) is 0 Å². The van der Waals surface area contributed by atoms with Crippen LogP contribution >= 0.6 is 0 Å². The van der Waals surface area contributed by atoms with Crippen LogP contribution in [0.25, 0.3) is 0 Å². The molecule has 2 unspecified atom stereocenters. The van der Waals surface area contributed by atoms with Gasteiger partial charge >= 0.3 is 5.97 Å². The number of hydrogen-bond acceptors (Lipinski definition) is 3. The van der Waals surface area contributed by atoms with Crippen molar-refractivity contribution in [2.75, 3.05) is 13.7 Å². The highest BCUT2D eigenvalue weighted by Crippen LogP contribution is 2.37. The highest BCUT2D eigenvalue weighted by Gasteiger charge is 2.37. The summed E-state index contributed by atoms with van der Waals surface area (Å²) >= 11 is 0. The van der Waals surface area contributed by atoms with Crippen molar-refractivity contribution in [3.63, 3.8) is 0 Å². The molecule has 18 heavy (non-hydrogen) atoms. The van der Waals surface area contributed by atoms with Gasteiger partial charge in [0.25, 0.3) is 0 Å². The summed E-state index contributed by atoms with van der Waals surface area (Å²) in [4.78, 5) is 11.6. The van der Waals surface area contributed by atoms with E-state index in [4.69, 9.17) is 4.74 Å². The Morgan fingerprint density at radius 2 is 2.22 bits per heavy atom. The molecule has 1 fully saturated rings. The van der Waals surface area contributed by atoms with E-state index in [1.807, 2.05) is 0 Å². The summed E-state index contributed by atoms with van der Waals surface area (Å²) in [6.45, 7) is 7.60. The predicted molar refractivity (Wildman–Crippen MR) is 74.5 cm³/mol. The van der Waals surface area contributed by atoms with Crippen LogP contribution in [0.5, 0.6) is 0 Å². The van der Waals surface area contributed by atoms with Crippen LogP contribution in [0.2, 0.25) is 0 Å². The average molecular weight is 255 g/mol. The third kappa shape index (κ3) is 4.60. The van der Waals surface area contributed by atoms with E-state index < -0.39 is 0 Å². The maximum Gasteiger partial charge on any atom is 0.307 e. The van der Waals surface area contributed by atoms with Crippen molar-refractivity contribution < 1.29 is 9.53 Å². The zero-order valence-corrected chi connectivity index (χ0v) is 12.4. The summed E-state index contributed by atoms with van der Waals surface area (Å²) in [6, 6.07) is 0. The molecule has 0 amide bonds. The van der Waals surface area contributed by atoms with Gasteiger partial charge in [-0.2, -0.15) is 0 Å². The lowest BCUT2D eigenvalue weighted by molar-refractivity contribution is -0.143. The second-order valence-electron chi connectivity index (χ2n) is 6.16. The molecule has 0 aromatic rings. The normalized spacial score (nSPS) is 28.4. The summed E-state index contributed by atoms with van der Waals surface area (Å²) in [6.07, 6.45) is 6.55. The number of ether oxygens (including phenoxy) is 1. The molecule has 106 valence electrons. The maximum atomic E-state index is 11.6. The Bertz CT molecular complexity index is 261. The molecular formula is C15H29NO2. The Balaban J connectivity index is 2.67. The van der Waals surface area contributed by atoms with Crippen molar-refractivity contribution in [1.29, 1.82) is 0 Å². The minimum Gasteiger partial charge on any atom is -0.469 e. The summed E-state index contributed by atoms with van der Waals surface area (Å²) in [5.74, 6) is 1.41. The average Bonchev–Trinajstić information content (AvgIpc) is 2.28. The van der Waals surface area contributed by atoms with Crippen LogP contribution in [-0.4, -0.2) is 25.2 Å². The van der Waals surface area contributed by atoms with Gasteiger partial charge < -0.3 is 10.1 Å². The molecule has 0 aromatic heterocycles. The van der Waals surface area contributed by atoms with E-state index in [1.165, 1.54) is 26.4 Å². The van der Waals surface area contributed by atoms with Crippen molar-refractivity contribution >= 4 is 5.97 Å². The van der Waals surface area contributed by atoms with Gasteiger partial charge in [0.15, 0.2) is 0 Å². The molecule has 1 aliphatic rings. The van der Waals surface area contributed by atoms with Crippen LogP contribution in [-0.2, 0) is 9.53 Å². The van der Waals surface area contributed by atoms with Gasteiger partial charge in [-0.3, -0.25) is 4.79 Å². The molecule has 1 rings (SSSR count). The van der Waals surface area contributed by atoms with Crippen LogP contribution in [0, 0.1) is 11.8 Å². The molecule has 3 heteroatoms. The van der Waals surface area contributed by atoms with E-state index in [-0.39, 0.29) is 11.5 Å². The van der Waals surface area contributed by atoms with Crippen molar-refractivity contribution in [3.8, 4) is 0 Å². The minimum absolute atomic E-state index is 0.0142. The first-order valence-electron chi connectivity index (χ1n) is 7.33. The van der Waals surface area contributed by atoms with Gasteiger partial charge in [0.1, 0.15) is 0 Å². The molecule has 3 nitrogen and oxygen atoms in total. The van der Waals surface area contributed by atoms with Crippen molar-refractivity contribution in [3.05, 3.63) is 0 Å². The standard InChI is InChI=1S/C15H29NO2/c1-5-16-15(11-14(17)18-4)8-6-7-13(10-15)9-12(2)3/h12-13,16H,5-11H2,1-4H3. The predicted octanol–water partition coefficient (Wildman–Crippen LogP) is 3.13. The Morgan fingerprint density at radius 3 is 2.78 bits per heavy atom. The minimum atomic E-state index is -0.0823. The van der Waals surface area contributed by atoms with E-state index in [9.17, 15) is 4.79 Å². The number of carbonyl (C=O) groups excluding carboxylic acids is 1. The van der Waals surface area contributed by atoms with Gasteiger partial charge in [0.05, 0.1) is 13.5 Å².